The van der Waals surface area contributed by atoms with Crippen molar-refractivity contribution < 1.29 is 13.6 Å². The van der Waals surface area contributed by atoms with Gasteiger partial charge in [-0.2, -0.15) is 0 Å². The number of halogens is 3. The predicted molar refractivity (Wildman–Crippen MR) is 135 cm³/mol. The van der Waals surface area contributed by atoms with Gasteiger partial charge < -0.3 is 4.42 Å². The quantitative estimate of drug-likeness (QED) is 0.271. The van der Waals surface area contributed by atoms with Crippen LogP contribution >= 0.6 is 23.2 Å². The molecule has 1 amide bonds. The van der Waals surface area contributed by atoms with Crippen LogP contribution in [0.3, 0.4) is 0 Å². The van der Waals surface area contributed by atoms with Gasteiger partial charge in [-0.3, -0.25) is 9.69 Å². The number of furan rings is 1. The van der Waals surface area contributed by atoms with Crippen molar-refractivity contribution in [2.45, 2.75) is 6.92 Å². The molecule has 0 atom stereocenters. The van der Waals surface area contributed by atoms with Crippen molar-refractivity contribution in [1.29, 1.82) is 0 Å². The van der Waals surface area contributed by atoms with E-state index in [-0.39, 0.29) is 11.7 Å². The monoisotopic (exact) mass is 489 g/mol. The summed E-state index contributed by atoms with van der Waals surface area (Å²) in [5, 5.41) is 0.896. The van der Waals surface area contributed by atoms with Crippen LogP contribution in [0.5, 0.6) is 0 Å². The standard InChI is InChI=1S/C28H18Cl2FNO2/c1-17-13-21(8-11-25(17)31)32-26(18-5-3-2-4-6-18)16-20(28(32)33)14-22-9-12-27(34-22)19-7-10-23(29)24(30)15-19/h2-16H,1H3/b20-14+. The lowest BCUT2D eigenvalue weighted by atomic mass is 10.1. The third-order valence-corrected chi connectivity index (χ3v) is 6.32. The highest BCUT2D eigenvalue weighted by molar-refractivity contribution is 6.42. The summed E-state index contributed by atoms with van der Waals surface area (Å²) >= 11 is 12.1. The van der Waals surface area contributed by atoms with Crippen molar-refractivity contribution in [2.24, 2.45) is 0 Å². The molecule has 34 heavy (non-hydrogen) atoms. The molecule has 2 heterocycles. The molecule has 1 aromatic heterocycles. The van der Waals surface area contributed by atoms with Gasteiger partial charge in [-0.1, -0.05) is 53.5 Å². The van der Waals surface area contributed by atoms with E-state index < -0.39 is 0 Å². The number of hydrogen-bond acceptors (Lipinski definition) is 2. The highest BCUT2D eigenvalue weighted by Crippen LogP contribution is 2.36. The lowest BCUT2D eigenvalue weighted by Crippen LogP contribution is -2.25. The molecule has 0 saturated carbocycles. The normalized spacial score (nSPS) is 14.7. The zero-order chi connectivity index (χ0) is 23.8. The van der Waals surface area contributed by atoms with E-state index >= 15 is 0 Å². The molecular weight excluding hydrogens is 472 g/mol. The highest BCUT2D eigenvalue weighted by Gasteiger charge is 2.31. The lowest BCUT2D eigenvalue weighted by molar-refractivity contribution is -0.113. The van der Waals surface area contributed by atoms with E-state index in [2.05, 4.69) is 0 Å². The third kappa shape index (κ3) is 4.18. The third-order valence-electron chi connectivity index (χ3n) is 5.58. The second kappa shape index (κ2) is 8.98. The van der Waals surface area contributed by atoms with Crippen LogP contribution in [0.1, 0.15) is 16.9 Å². The number of hydrogen-bond donors (Lipinski definition) is 0. The Morgan fingerprint density at radius 2 is 1.68 bits per heavy atom. The predicted octanol–water partition coefficient (Wildman–Crippen LogP) is 8.17. The van der Waals surface area contributed by atoms with Crippen molar-refractivity contribution >= 4 is 46.6 Å². The van der Waals surface area contributed by atoms with E-state index in [1.165, 1.54) is 6.07 Å². The molecule has 0 N–H and O–H groups in total. The minimum atomic E-state index is -0.318. The first-order valence-corrected chi connectivity index (χ1v) is 11.3. The highest BCUT2D eigenvalue weighted by atomic mass is 35.5. The van der Waals surface area contributed by atoms with Gasteiger partial charge in [0.25, 0.3) is 5.91 Å². The minimum absolute atomic E-state index is 0.225. The Hall–Kier alpha value is -3.60. The van der Waals surface area contributed by atoms with Crippen molar-refractivity contribution in [3.63, 3.8) is 0 Å². The molecule has 1 aliphatic heterocycles. The summed E-state index contributed by atoms with van der Waals surface area (Å²) in [6, 6.07) is 23.1. The van der Waals surface area contributed by atoms with E-state index in [1.807, 2.05) is 48.5 Å². The number of benzene rings is 3. The fourth-order valence-corrected chi connectivity index (χ4v) is 4.15. The molecule has 0 spiro atoms. The molecule has 168 valence electrons. The summed E-state index contributed by atoms with van der Waals surface area (Å²) in [7, 11) is 0. The van der Waals surface area contributed by atoms with Crippen molar-refractivity contribution in [3.8, 4) is 11.3 Å². The van der Waals surface area contributed by atoms with E-state index in [4.69, 9.17) is 27.6 Å². The molecule has 6 heteroatoms. The van der Waals surface area contributed by atoms with Crippen molar-refractivity contribution in [1.82, 2.24) is 0 Å². The largest absolute Gasteiger partial charge is 0.457 e. The number of nitrogens with zero attached hydrogens (tertiary/aromatic N) is 1. The number of carbonyl (C=O) groups is 1. The van der Waals surface area contributed by atoms with Gasteiger partial charge in [0.2, 0.25) is 0 Å². The SMILES string of the molecule is Cc1cc(N2C(=O)/C(=C/c3ccc(-c4ccc(Cl)c(Cl)c4)o3)C=C2c2ccccc2)ccc1F. The molecule has 0 bridgehead atoms. The molecule has 3 aromatic carbocycles. The maximum Gasteiger partial charge on any atom is 0.263 e. The molecule has 0 unspecified atom stereocenters. The average molecular weight is 490 g/mol. The van der Waals surface area contributed by atoms with E-state index in [1.54, 1.807) is 48.2 Å². The maximum absolute atomic E-state index is 13.9. The smallest absolute Gasteiger partial charge is 0.263 e. The molecule has 5 rings (SSSR count). The van der Waals surface area contributed by atoms with E-state index in [0.29, 0.717) is 44.1 Å². The molecule has 0 radical (unpaired) electrons. The van der Waals surface area contributed by atoms with Crippen molar-refractivity contribution in [2.75, 3.05) is 4.90 Å². The topological polar surface area (TPSA) is 33.5 Å². The van der Waals surface area contributed by atoms with Crippen LogP contribution in [0, 0.1) is 12.7 Å². The van der Waals surface area contributed by atoms with E-state index in [9.17, 15) is 9.18 Å². The molecule has 0 aliphatic carbocycles. The van der Waals surface area contributed by atoms with Gasteiger partial charge in [-0.15, -0.1) is 0 Å². The van der Waals surface area contributed by atoms with Gasteiger partial charge in [-0.05, 0) is 78.7 Å². The fraction of sp³-hybridized carbons (Fsp3) is 0.0357. The maximum atomic E-state index is 13.9. The van der Waals surface area contributed by atoms with Crippen LogP contribution in [-0.4, -0.2) is 5.91 Å². The van der Waals surface area contributed by atoms with Gasteiger partial charge in [-0.25, -0.2) is 4.39 Å². The van der Waals surface area contributed by atoms with E-state index in [0.717, 1.165) is 11.1 Å². The summed E-state index contributed by atoms with van der Waals surface area (Å²) in [6.45, 7) is 1.68. The second-order valence-corrected chi connectivity index (χ2v) is 8.71. The summed E-state index contributed by atoms with van der Waals surface area (Å²) in [4.78, 5) is 15.1. The minimum Gasteiger partial charge on any atom is -0.457 e. The summed E-state index contributed by atoms with van der Waals surface area (Å²) < 4.78 is 19.9. The molecule has 0 saturated heterocycles. The molecule has 0 fully saturated rings. The number of carbonyl (C=O) groups excluding carboxylic acids is 1. The zero-order valence-corrected chi connectivity index (χ0v) is 19.6. The van der Waals surface area contributed by atoms with Crippen molar-refractivity contribution in [3.05, 3.63) is 123 Å². The Morgan fingerprint density at radius 1 is 0.882 bits per heavy atom. The molecule has 4 aromatic rings. The van der Waals surface area contributed by atoms with Gasteiger partial charge >= 0.3 is 0 Å². The first-order valence-electron chi connectivity index (χ1n) is 10.6. The van der Waals surface area contributed by atoms with Crippen LogP contribution in [0.2, 0.25) is 10.0 Å². The summed E-state index contributed by atoms with van der Waals surface area (Å²) in [5.74, 6) is 0.582. The van der Waals surface area contributed by atoms with Gasteiger partial charge in [0.1, 0.15) is 17.3 Å². The Labute approximate surface area is 206 Å². The zero-order valence-electron chi connectivity index (χ0n) is 18.1. The van der Waals surface area contributed by atoms with Gasteiger partial charge in [0.15, 0.2) is 0 Å². The number of anilines is 1. The summed E-state index contributed by atoms with van der Waals surface area (Å²) in [5.41, 5.74) is 3.87. The number of amides is 1. The Balaban J connectivity index is 1.55. The van der Waals surface area contributed by atoms with Crippen LogP contribution < -0.4 is 4.90 Å². The van der Waals surface area contributed by atoms with Crippen LogP contribution in [0.25, 0.3) is 23.1 Å². The second-order valence-electron chi connectivity index (χ2n) is 7.90. The number of aryl methyl sites for hydroxylation is 1. The first kappa shape index (κ1) is 22.2. The Bertz CT molecular complexity index is 1470. The van der Waals surface area contributed by atoms with Crippen LogP contribution in [0.15, 0.2) is 94.9 Å². The fourth-order valence-electron chi connectivity index (χ4n) is 3.85. The first-order chi connectivity index (χ1) is 16.4. The lowest BCUT2D eigenvalue weighted by Gasteiger charge is -2.21. The molecular formula is C28H18Cl2FNO2. The molecule has 3 nitrogen and oxygen atoms in total. The van der Waals surface area contributed by atoms with Crippen LogP contribution in [-0.2, 0) is 4.79 Å². The number of rotatable bonds is 4. The van der Waals surface area contributed by atoms with Crippen LogP contribution in [0.4, 0.5) is 10.1 Å². The van der Waals surface area contributed by atoms with Gasteiger partial charge in [0.05, 0.1) is 15.7 Å². The Morgan fingerprint density at radius 3 is 2.41 bits per heavy atom. The summed E-state index contributed by atoms with van der Waals surface area (Å²) in [6.07, 6.45) is 3.51. The van der Waals surface area contributed by atoms with Gasteiger partial charge in [0, 0.05) is 16.8 Å². The average Bonchev–Trinajstić information content (AvgIpc) is 3.43. The molecule has 1 aliphatic rings. The Kier molecular flexibility index (Phi) is 5.86.